The fraction of sp³-hybridized carbons (Fsp3) is 0.304. The number of rotatable bonds is 4. The van der Waals surface area contributed by atoms with Gasteiger partial charge in [-0.1, -0.05) is 51.1 Å². The summed E-state index contributed by atoms with van der Waals surface area (Å²) in [7, 11) is 0. The van der Waals surface area contributed by atoms with Crippen LogP contribution in [0.4, 0.5) is 10.5 Å². The first-order valence-corrected chi connectivity index (χ1v) is 11.2. The topological polar surface area (TPSA) is 106 Å². The molecule has 0 spiro atoms. The van der Waals surface area contributed by atoms with Crippen molar-refractivity contribution in [2.24, 2.45) is 0 Å². The zero-order chi connectivity index (χ0) is 22.7. The molecular weight excluding hydrogens is 428 g/mol. The summed E-state index contributed by atoms with van der Waals surface area (Å²) in [4.78, 5) is 25.8. The fourth-order valence-electron chi connectivity index (χ4n) is 3.01. The van der Waals surface area contributed by atoms with Crippen molar-refractivity contribution in [2.45, 2.75) is 43.7 Å². The van der Waals surface area contributed by atoms with E-state index in [0.717, 1.165) is 10.5 Å². The van der Waals surface area contributed by atoms with Crippen molar-refractivity contribution in [1.82, 2.24) is 15.5 Å². The van der Waals surface area contributed by atoms with Crippen LogP contribution in [0, 0.1) is 0 Å². The van der Waals surface area contributed by atoms with Crippen molar-refractivity contribution in [2.75, 3.05) is 11.1 Å². The first kappa shape index (κ1) is 21.9. The van der Waals surface area contributed by atoms with Crippen molar-refractivity contribution in [3.05, 3.63) is 60.0 Å². The Kier molecular flexibility index (Phi) is 6.18. The number of hydrogen-bond acceptors (Lipinski definition) is 7. The smallest absolute Gasteiger partial charge is 0.408 e. The van der Waals surface area contributed by atoms with Crippen molar-refractivity contribution < 1.29 is 18.7 Å². The molecule has 0 bridgehead atoms. The lowest BCUT2D eigenvalue weighted by molar-refractivity contribution is -0.117. The number of alkyl carbamates (subject to hydrolysis) is 1. The monoisotopic (exact) mass is 452 g/mol. The van der Waals surface area contributed by atoms with E-state index in [4.69, 9.17) is 9.15 Å². The van der Waals surface area contributed by atoms with Crippen molar-refractivity contribution >= 4 is 29.4 Å². The van der Waals surface area contributed by atoms with Gasteiger partial charge in [0.25, 0.3) is 0 Å². The molecular formula is C23H24N4O4S. The summed E-state index contributed by atoms with van der Waals surface area (Å²) in [6.07, 6.45) is -0.637. The van der Waals surface area contributed by atoms with Crippen LogP contribution >= 0.6 is 11.8 Å². The first-order valence-electron chi connectivity index (χ1n) is 10.2. The molecule has 1 aliphatic rings. The Morgan fingerprint density at radius 1 is 1.22 bits per heavy atom. The van der Waals surface area contributed by atoms with Crippen LogP contribution in [0.5, 0.6) is 0 Å². The number of nitrogens with zero attached hydrogens (tertiary/aromatic N) is 2. The van der Waals surface area contributed by atoms with Gasteiger partial charge >= 0.3 is 6.09 Å². The lowest BCUT2D eigenvalue weighted by Gasteiger charge is -2.15. The highest BCUT2D eigenvalue weighted by Crippen LogP contribution is 2.35. The number of ether oxygens (including phenoxy) is 1. The maximum Gasteiger partial charge on any atom is 0.408 e. The maximum absolute atomic E-state index is 12.7. The average molecular weight is 453 g/mol. The first-order chi connectivity index (χ1) is 15.3. The van der Waals surface area contributed by atoms with E-state index >= 15 is 0 Å². The Balaban J connectivity index is 1.41. The molecule has 0 saturated carbocycles. The van der Waals surface area contributed by atoms with Crippen LogP contribution in [0.15, 0.2) is 57.8 Å². The molecule has 2 amide bonds. The molecule has 0 radical (unpaired) electrons. The van der Waals surface area contributed by atoms with Gasteiger partial charge in [0.15, 0.2) is 0 Å². The molecule has 1 atom stereocenters. The van der Waals surface area contributed by atoms with Crippen LogP contribution in [0.25, 0.3) is 11.5 Å². The molecule has 166 valence electrons. The second kappa shape index (κ2) is 9.04. The van der Waals surface area contributed by atoms with Gasteiger partial charge in [-0.2, -0.15) is 0 Å². The zero-order valence-corrected chi connectivity index (χ0v) is 18.9. The summed E-state index contributed by atoms with van der Waals surface area (Å²) in [6.45, 7) is 6.13. The Bertz CT molecular complexity index is 1120. The number of anilines is 1. The number of nitrogens with one attached hydrogen (secondary N) is 2. The molecule has 4 rings (SSSR count). The Hall–Kier alpha value is -3.33. The lowest BCUT2D eigenvalue weighted by atomic mass is 9.97. The minimum Gasteiger partial charge on any atom is -0.445 e. The van der Waals surface area contributed by atoms with Gasteiger partial charge in [-0.25, -0.2) is 4.79 Å². The molecule has 9 heteroatoms. The Labute approximate surface area is 190 Å². The number of carbonyl (C=O) groups is 2. The van der Waals surface area contributed by atoms with Gasteiger partial charge in [-0.05, 0) is 23.8 Å². The van der Waals surface area contributed by atoms with Gasteiger partial charge in [0.1, 0.15) is 12.6 Å². The Morgan fingerprint density at radius 2 is 2.00 bits per heavy atom. The number of carbonyl (C=O) groups excluding carboxylic acids is 2. The number of aromatic nitrogens is 2. The quantitative estimate of drug-likeness (QED) is 0.605. The van der Waals surface area contributed by atoms with E-state index < -0.39 is 12.1 Å². The van der Waals surface area contributed by atoms with Crippen LogP contribution in [0.3, 0.4) is 0 Å². The number of benzene rings is 2. The van der Waals surface area contributed by atoms with Gasteiger partial charge in [-0.15, -0.1) is 22.0 Å². The second-order valence-corrected chi connectivity index (χ2v) is 9.49. The van der Waals surface area contributed by atoms with E-state index in [1.165, 1.54) is 11.8 Å². The van der Waals surface area contributed by atoms with Gasteiger partial charge in [-0.3, -0.25) is 4.79 Å². The van der Waals surface area contributed by atoms with Crippen molar-refractivity contribution in [3.8, 4) is 11.5 Å². The van der Waals surface area contributed by atoms with E-state index in [1.807, 2.05) is 63.2 Å². The largest absolute Gasteiger partial charge is 0.445 e. The van der Waals surface area contributed by atoms with E-state index in [-0.39, 0.29) is 17.9 Å². The summed E-state index contributed by atoms with van der Waals surface area (Å²) < 4.78 is 11.0. The van der Waals surface area contributed by atoms with Gasteiger partial charge in [0.2, 0.25) is 17.7 Å². The molecule has 1 aromatic heterocycles. The summed E-state index contributed by atoms with van der Waals surface area (Å²) in [5.74, 6) is 0.998. The third-order valence-corrected chi connectivity index (χ3v) is 5.94. The number of hydrogen-bond donors (Lipinski definition) is 2. The van der Waals surface area contributed by atoms with Crippen LogP contribution in [-0.4, -0.2) is 34.0 Å². The molecule has 32 heavy (non-hydrogen) atoms. The predicted octanol–water partition coefficient (Wildman–Crippen LogP) is 4.37. The predicted molar refractivity (Wildman–Crippen MR) is 121 cm³/mol. The van der Waals surface area contributed by atoms with E-state index in [1.54, 1.807) is 6.07 Å². The minimum absolute atomic E-state index is 0.137. The van der Waals surface area contributed by atoms with Gasteiger partial charge in [0.05, 0.1) is 5.69 Å². The normalized spacial score (nSPS) is 16.0. The standard InChI is InChI=1S/C23H24N4O4S/c1-23(2,3)21-27-26-20(31-21)15-9-10-18-16(11-15)24-19(28)17(13-32-18)25-22(29)30-12-14-7-5-4-6-8-14/h4-11,17H,12-13H2,1-3H3,(H,24,28)(H,25,29)/t17-/m0/s1. The summed E-state index contributed by atoms with van der Waals surface area (Å²) in [6, 6.07) is 14.2. The average Bonchev–Trinajstić information content (AvgIpc) is 3.22. The van der Waals surface area contributed by atoms with Crippen molar-refractivity contribution in [3.63, 3.8) is 0 Å². The molecule has 2 N–H and O–H groups in total. The molecule has 2 heterocycles. The molecule has 3 aromatic rings. The molecule has 0 unspecified atom stereocenters. The summed E-state index contributed by atoms with van der Waals surface area (Å²) in [5, 5.41) is 13.8. The second-order valence-electron chi connectivity index (χ2n) is 8.43. The van der Waals surface area contributed by atoms with E-state index in [0.29, 0.717) is 28.8 Å². The number of fused-ring (bicyclic) bond motifs is 1. The SMILES string of the molecule is CC(C)(C)c1nnc(-c2ccc3c(c2)NC(=O)[C@@H](NC(=O)OCc2ccccc2)CS3)o1. The minimum atomic E-state index is -0.727. The van der Waals surface area contributed by atoms with Crippen LogP contribution in [0.2, 0.25) is 0 Å². The zero-order valence-electron chi connectivity index (χ0n) is 18.0. The number of amides is 2. The van der Waals surface area contributed by atoms with Gasteiger partial charge < -0.3 is 19.8 Å². The van der Waals surface area contributed by atoms with E-state index in [9.17, 15) is 9.59 Å². The molecule has 2 aromatic carbocycles. The van der Waals surface area contributed by atoms with Crippen molar-refractivity contribution in [1.29, 1.82) is 0 Å². The third kappa shape index (κ3) is 5.11. The maximum atomic E-state index is 12.7. The van der Waals surface area contributed by atoms with Crippen LogP contribution < -0.4 is 10.6 Å². The lowest BCUT2D eigenvalue weighted by Crippen LogP contribution is -2.45. The highest BCUT2D eigenvalue weighted by atomic mass is 32.2. The molecule has 0 aliphatic carbocycles. The van der Waals surface area contributed by atoms with Crippen LogP contribution in [0.1, 0.15) is 32.2 Å². The van der Waals surface area contributed by atoms with Gasteiger partial charge in [0, 0.05) is 21.6 Å². The highest BCUT2D eigenvalue weighted by Gasteiger charge is 2.27. The Morgan fingerprint density at radius 3 is 2.72 bits per heavy atom. The molecule has 0 fully saturated rings. The molecule has 1 aliphatic heterocycles. The summed E-state index contributed by atoms with van der Waals surface area (Å²) >= 11 is 1.47. The van der Waals surface area contributed by atoms with E-state index in [2.05, 4.69) is 20.8 Å². The van der Waals surface area contributed by atoms with Crippen LogP contribution in [-0.2, 0) is 21.6 Å². The highest BCUT2D eigenvalue weighted by molar-refractivity contribution is 7.99. The molecule has 8 nitrogen and oxygen atoms in total. The molecule has 0 saturated heterocycles. The third-order valence-electron chi connectivity index (χ3n) is 4.78. The number of thioether (sulfide) groups is 1. The summed E-state index contributed by atoms with van der Waals surface area (Å²) in [5.41, 5.74) is 1.96. The fourth-order valence-corrected chi connectivity index (χ4v) is 4.02.